The van der Waals surface area contributed by atoms with Crippen molar-refractivity contribution >= 4 is 42.1 Å². The van der Waals surface area contributed by atoms with Crippen LogP contribution in [0, 0.1) is 0 Å². The Bertz CT molecular complexity index is 1070. The number of carbonyl (C=O) groups is 5. The Balaban J connectivity index is 2.91. The van der Waals surface area contributed by atoms with Crippen molar-refractivity contribution in [1.29, 1.82) is 0 Å². The van der Waals surface area contributed by atoms with Crippen molar-refractivity contribution in [2.75, 3.05) is 19.7 Å². The maximum atomic E-state index is 13.1. The van der Waals surface area contributed by atoms with Crippen LogP contribution in [0.4, 0.5) is 9.59 Å². The molecule has 0 bridgehead atoms. The van der Waals surface area contributed by atoms with Crippen molar-refractivity contribution in [2.45, 2.75) is 123 Å². The maximum absolute atomic E-state index is 13.1. The molecule has 16 heteroatoms. The van der Waals surface area contributed by atoms with Crippen LogP contribution < -0.4 is 27.1 Å². The van der Waals surface area contributed by atoms with E-state index in [4.69, 9.17) is 19.9 Å². The summed E-state index contributed by atoms with van der Waals surface area (Å²) in [5, 5.41) is 11.5. The summed E-state index contributed by atoms with van der Waals surface area (Å²) in [6.07, 6.45) is 0.845. The third kappa shape index (κ3) is 17.3. The van der Waals surface area contributed by atoms with Gasteiger partial charge < -0.3 is 30.2 Å². The summed E-state index contributed by atoms with van der Waals surface area (Å²) in [6.45, 7) is 17.5. The molecule has 16 nitrogen and oxygen atoms in total. The molecule has 45 heavy (non-hydrogen) atoms. The molecule has 0 unspecified atom stereocenters. The van der Waals surface area contributed by atoms with Crippen LogP contribution in [-0.4, -0.2) is 102 Å². The zero-order valence-corrected chi connectivity index (χ0v) is 28.2. The number of alkyl carbamates (subject to hydrolysis) is 2. The zero-order valence-electron chi connectivity index (χ0n) is 28.2. The molecule has 1 aliphatic heterocycles. The molecular formula is C29H52N8O8. The minimum atomic E-state index is -0.910. The molecule has 0 aromatic rings. The van der Waals surface area contributed by atoms with Gasteiger partial charge in [0.15, 0.2) is 0 Å². The number of hydrogen-bond acceptors (Lipinski definition) is 11. The fourth-order valence-electron chi connectivity index (χ4n) is 3.64. The van der Waals surface area contributed by atoms with Gasteiger partial charge in [-0.15, -0.1) is 0 Å². The molecule has 5 amide bonds. The predicted octanol–water partition coefficient (Wildman–Crippen LogP) is 1.52. The topological polar surface area (TPSA) is 215 Å². The Hall–Kier alpha value is -3.79. The standard InChI is InChI=1S/C29H52N8O8/c1-18(38)36-32-16-19(33-22(39)21-13-15-37(21)23(40)20(30)17-43-27(2,3)4)12-11-14-31-24(34-25(41)44-28(5,6)7)35-26(42)45-29(8,9)10/h16,19-21H,11-15,17,30H2,1-10H3,(H,33,39)(H,36,38)(H2,31,34,35,41,42)/b32-16-/t19-,20+,21-/m0/s1. The lowest BCUT2D eigenvalue weighted by Crippen LogP contribution is -2.63. The van der Waals surface area contributed by atoms with Gasteiger partial charge in [0.2, 0.25) is 23.7 Å². The number of aliphatic imine (C=N–C) groups is 1. The van der Waals surface area contributed by atoms with Gasteiger partial charge in [-0.3, -0.25) is 30.0 Å². The molecule has 3 atom stereocenters. The molecule has 256 valence electrons. The van der Waals surface area contributed by atoms with Crippen molar-refractivity contribution in [3.63, 3.8) is 0 Å². The van der Waals surface area contributed by atoms with Gasteiger partial charge in [-0.2, -0.15) is 5.10 Å². The Morgan fingerprint density at radius 3 is 1.93 bits per heavy atom. The highest BCUT2D eigenvalue weighted by atomic mass is 16.6. The fraction of sp³-hybridized carbons (Fsp3) is 0.759. The third-order valence-electron chi connectivity index (χ3n) is 5.60. The van der Waals surface area contributed by atoms with E-state index in [-0.39, 0.29) is 25.0 Å². The average Bonchev–Trinajstić information content (AvgIpc) is 2.80. The Morgan fingerprint density at radius 2 is 1.49 bits per heavy atom. The van der Waals surface area contributed by atoms with Crippen molar-refractivity contribution in [3.05, 3.63) is 0 Å². The highest BCUT2D eigenvalue weighted by Crippen LogP contribution is 2.19. The third-order valence-corrected chi connectivity index (χ3v) is 5.60. The first-order chi connectivity index (χ1) is 20.6. The van der Waals surface area contributed by atoms with E-state index in [1.807, 2.05) is 20.8 Å². The molecule has 0 radical (unpaired) electrons. The van der Waals surface area contributed by atoms with Crippen LogP contribution in [0.5, 0.6) is 0 Å². The molecule has 1 rings (SSSR count). The fourth-order valence-corrected chi connectivity index (χ4v) is 3.64. The first-order valence-corrected chi connectivity index (χ1v) is 14.9. The minimum Gasteiger partial charge on any atom is -0.444 e. The van der Waals surface area contributed by atoms with Crippen LogP contribution in [0.3, 0.4) is 0 Å². The summed E-state index contributed by atoms with van der Waals surface area (Å²) in [6, 6.07) is -2.26. The van der Waals surface area contributed by atoms with Crippen molar-refractivity contribution in [3.8, 4) is 0 Å². The van der Waals surface area contributed by atoms with Gasteiger partial charge >= 0.3 is 12.2 Å². The van der Waals surface area contributed by atoms with Crippen molar-refractivity contribution < 1.29 is 38.2 Å². The summed E-state index contributed by atoms with van der Waals surface area (Å²) in [5.74, 6) is -1.36. The molecule has 0 saturated carbocycles. The number of nitrogens with two attached hydrogens (primary N) is 1. The number of hydrogen-bond donors (Lipinski definition) is 5. The predicted molar refractivity (Wildman–Crippen MR) is 168 cm³/mol. The van der Waals surface area contributed by atoms with Crippen molar-refractivity contribution in [1.82, 2.24) is 26.3 Å². The van der Waals surface area contributed by atoms with Crippen LogP contribution in [0.15, 0.2) is 10.1 Å². The molecule has 1 fully saturated rings. The lowest BCUT2D eigenvalue weighted by molar-refractivity contribution is -0.150. The quantitative estimate of drug-likeness (QED) is 0.0956. The summed E-state index contributed by atoms with van der Waals surface area (Å²) in [7, 11) is 0. The Kier molecular flexibility index (Phi) is 14.9. The van der Waals surface area contributed by atoms with E-state index in [0.29, 0.717) is 25.8 Å². The normalized spacial score (nSPS) is 16.5. The van der Waals surface area contributed by atoms with E-state index in [9.17, 15) is 24.0 Å². The first-order valence-electron chi connectivity index (χ1n) is 14.9. The second-order valence-electron chi connectivity index (χ2n) is 13.6. The number of nitrogens with one attached hydrogen (secondary N) is 4. The molecule has 6 N–H and O–H groups in total. The number of likely N-dealkylation sites (tertiary alicyclic amines) is 1. The minimum absolute atomic E-state index is 0.0211. The molecule has 0 aromatic heterocycles. The van der Waals surface area contributed by atoms with Gasteiger partial charge in [0, 0.05) is 26.2 Å². The smallest absolute Gasteiger partial charge is 0.414 e. The lowest BCUT2D eigenvalue weighted by Gasteiger charge is -2.41. The highest BCUT2D eigenvalue weighted by molar-refractivity contribution is 6.01. The second kappa shape index (κ2) is 17.1. The van der Waals surface area contributed by atoms with Crippen LogP contribution >= 0.6 is 0 Å². The SMILES string of the molecule is CC(=O)N/N=C\[C@H](CCCN=C(NC(=O)OC(C)(C)C)NC(=O)OC(C)(C)C)NC(=O)[C@@H]1CCN1C(=O)[C@H](N)COC(C)(C)C. The summed E-state index contributed by atoms with van der Waals surface area (Å²) in [5.41, 5.74) is 6.29. The molecule has 0 aromatic carbocycles. The van der Waals surface area contributed by atoms with Crippen LogP contribution in [0.1, 0.15) is 88.5 Å². The number of carbonyl (C=O) groups excluding carboxylic acids is 5. The summed E-state index contributed by atoms with van der Waals surface area (Å²) < 4.78 is 16.1. The van der Waals surface area contributed by atoms with Crippen LogP contribution in [0.25, 0.3) is 0 Å². The van der Waals surface area contributed by atoms with Crippen LogP contribution in [-0.2, 0) is 28.6 Å². The highest BCUT2D eigenvalue weighted by Gasteiger charge is 2.40. The molecule has 1 saturated heterocycles. The lowest BCUT2D eigenvalue weighted by atomic mass is 9.99. The molecule has 0 aliphatic carbocycles. The summed E-state index contributed by atoms with van der Waals surface area (Å²) in [4.78, 5) is 67.6. The molecule has 1 heterocycles. The number of amides is 5. The van der Waals surface area contributed by atoms with Gasteiger partial charge in [0.1, 0.15) is 23.3 Å². The van der Waals surface area contributed by atoms with Gasteiger partial charge in [-0.25, -0.2) is 15.0 Å². The zero-order chi connectivity index (χ0) is 34.6. The van der Waals surface area contributed by atoms with Gasteiger partial charge in [0.25, 0.3) is 0 Å². The Morgan fingerprint density at radius 1 is 0.933 bits per heavy atom. The number of rotatable bonds is 11. The van der Waals surface area contributed by atoms with Gasteiger partial charge in [-0.1, -0.05) is 0 Å². The van der Waals surface area contributed by atoms with Gasteiger partial charge in [-0.05, 0) is 81.6 Å². The largest absolute Gasteiger partial charge is 0.444 e. The van der Waals surface area contributed by atoms with E-state index in [2.05, 4.69) is 31.5 Å². The Labute approximate surface area is 265 Å². The number of hydrazone groups is 1. The molecular weight excluding hydrogens is 588 g/mol. The van der Waals surface area contributed by atoms with E-state index in [0.717, 1.165) is 0 Å². The van der Waals surface area contributed by atoms with Crippen molar-refractivity contribution in [2.24, 2.45) is 15.8 Å². The molecule has 0 spiro atoms. The monoisotopic (exact) mass is 640 g/mol. The number of guanidine groups is 1. The van der Waals surface area contributed by atoms with Crippen LogP contribution in [0.2, 0.25) is 0 Å². The average molecular weight is 641 g/mol. The maximum Gasteiger partial charge on any atom is 0.414 e. The van der Waals surface area contributed by atoms with E-state index >= 15 is 0 Å². The van der Waals surface area contributed by atoms with E-state index in [1.165, 1.54) is 18.0 Å². The number of nitrogens with zero attached hydrogens (tertiary/aromatic N) is 3. The van der Waals surface area contributed by atoms with E-state index in [1.54, 1.807) is 41.5 Å². The van der Waals surface area contributed by atoms with Gasteiger partial charge in [0.05, 0.1) is 18.2 Å². The first kappa shape index (κ1) is 39.2. The summed E-state index contributed by atoms with van der Waals surface area (Å²) >= 11 is 0. The number of ether oxygens (including phenoxy) is 3. The second-order valence-corrected chi connectivity index (χ2v) is 13.6. The van der Waals surface area contributed by atoms with E-state index < -0.39 is 58.9 Å². The molecule has 1 aliphatic rings.